The predicted octanol–water partition coefficient (Wildman–Crippen LogP) is 1.75. The third-order valence-electron chi connectivity index (χ3n) is 2.73. The van der Waals surface area contributed by atoms with E-state index < -0.39 is 18.4 Å². The number of hydrogen-bond acceptors (Lipinski definition) is 4. The van der Waals surface area contributed by atoms with Crippen molar-refractivity contribution in [1.29, 1.82) is 0 Å². The average molecular weight is 314 g/mol. The summed E-state index contributed by atoms with van der Waals surface area (Å²) in [5, 5.41) is 13.4. The average Bonchev–Trinajstić information content (AvgIpc) is 3.04. The molecule has 0 aliphatic carbocycles. The van der Waals surface area contributed by atoms with Crippen molar-refractivity contribution in [2.75, 3.05) is 11.9 Å². The van der Waals surface area contributed by atoms with Gasteiger partial charge in [0.25, 0.3) is 5.91 Å². The largest absolute Gasteiger partial charge is 0.480 e. The summed E-state index contributed by atoms with van der Waals surface area (Å²) in [7, 11) is 0. The van der Waals surface area contributed by atoms with E-state index in [4.69, 9.17) is 9.52 Å². The van der Waals surface area contributed by atoms with Crippen LogP contribution in [0.5, 0.6) is 0 Å². The zero-order valence-corrected chi connectivity index (χ0v) is 12.0. The van der Waals surface area contributed by atoms with Crippen molar-refractivity contribution >= 4 is 29.5 Å². The van der Waals surface area contributed by atoms with Crippen LogP contribution in [0.15, 0.2) is 53.2 Å². The maximum absolute atomic E-state index is 11.8. The Labute approximate surface area is 131 Å². The number of furan rings is 1. The van der Waals surface area contributed by atoms with E-state index in [0.29, 0.717) is 11.4 Å². The normalized spacial score (nSPS) is 10.4. The monoisotopic (exact) mass is 314 g/mol. The Hall–Kier alpha value is -3.35. The highest BCUT2D eigenvalue weighted by Crippen LogP contribution is 2.11. The predicted molar refractivity (Wildman–Crippen MR) is 82.8 cm³/mol. The molecule has 0 saturated carbocycles. The summed E-state index contributed by atoms with van der Waals surface area (Å²) < 4.78 is 5.06. The van der Waals surface area contributed by atoms with Gasteiger partial charge in [-0.2, -0.15) is 0 Å². The van der Waals surface area contributed by atoms with Crippen LogP contribution in [0, 0.1) is 0 Å². The molecule has 0 spiro atoms. The molecule has 0 saturated heterocycles. The first-order chi connectivity index (χ1) is 11.0. The highest BCUT2D eigenvalue weighted by atomic mass is 16.4. The molecule has 2 aromatic rings. The lowest BCUT2D eigenvalue weighted by Crippen LogP contribution is -2.29. The van der Waals surface area contributed by atoms with Crippen LogP contribution in [0.3, 0.4) is 0 Å². The number of rotatable bonds is 6. The summed E-state index contributed by atoms with van der Waals surface area (Å²) in [6.45, 7) is -0.471. The van der Waals surface area contributed by atoms with E-state index in [0.717, 1.165) is 0 Å². The molecule has 23 heavy (non-hydrogen) atoms. The minimum absolute atomic E-state index is 0.249. The lowest BCUT2D eigenvalue weighted by molar-refractivity contribution is -0.135. The molecule has 1 aromatic carbocycles. The lowest BCUT2D eigenvalue weighted by atomic mass is 10.2. The van der Waals surface area contributed by atoms with Gasteiger partial charge in [-0.05, 0) is 36.4 Å². The molecule has 3 N–H and O–H groups in total. The number of benzene rings is 1. The van der Waals surface area contributed by atoms with Crippen LogP contribution in [0.2, 0.25) is 0 Å². The van der Waals surface area contributed by atoms with Crippen molar-refractivity contribution in [3.05, 3.63) is 60.1 Å². The molecule has 7 heteroatoms. The second-order valence-electron chi connectivity index (χ2n) is 4.50. The molecular weight excluding hydrogens is 300 g/mol. The van der Waals surface area contributed by atoms with Crippen LogP contribution in [-0.2, 0) is 9.59 Å². The maximum Gasteiger partial charge on any atom is 0.322 e. The molecule has 0 fully saturated rings. The molecule has 0 bridgehead atoms. The Morgan fingerprint density at radius 1 is 1.17 bits per heavy atom. The van der Waals surface area contributed by atoms with E-state index >= 15 is 0 Å². The molecule has 118 valence electrons. The summed E-state index contributed by atoms with van der Waals surface area (Å²) in [5.74, 6) is -1.51. The van der Waals surface area contributed by atoms with Crippen molar-refractivity contribution in [2.24, 2.45) is 0 Å². The fraction of sp³-hybridized carbons (Fsp3) is 0.0625. The first kappa shape index (κ1) is 16.0. The van der Waals surface area contributed by atoms with Gasteiger partial charge in [0.1, 0.15) is 12.3 Å². The molecule has 0 aliphatic rings. The zero-order valence-electron chi connectivity index (χ0n) is 12.0. The minimum atomic E-state index is -1.13. The quantitative estimate of drug-likeness (QED) is 0.704. The summed E-state index contributed by atoms with van der Waals surface area (Å²) >= 11 is 0. The van der Waals surface area contributed by atoms with Crippen LogP contribution >= 0.6 is 0 Å². The minimum Gasteiger partial charge on any atom is -0.480 e. The number of nitrogens with one attached hydrogen (secondary N) is 2. The molecule has 7 nitrogen and oxygen atoms in total. The van der Waals surface area contributed by atoms with Gasteiger partial charge in [0.15, 0.2) is 0 Å². The fourth-order valence-electron chi connectivity index (χ4n) is 1.72. The van der Waals surface area contributed by atoms with E-state index in [9.17, 15) is 14.4 Å². The summed E-state index contributed by atoms with van der Waals surface area (Å²) in [6.07, 6.45) is 4.31. The highest BCUT2D eigenvalue weighted by molar-refractivity contribution is 6.03. The SMILES string of the molecule is O=C(O)CNC(=O)c1cccc(NC(=O)C=Cc2ccco2)c1. The van der Waals surface area contributed by atoms with Gasteiger partial charge >= 0.3 is 5.97 Å². The molecule has 0 atom stereocenters. The van der Waals surface area contributed by atoms with E-state index in [-0.39, 0.29) is 11.5 Å². The van der Waals surface area contributed by atoms with Gasteiger partial charge in [-0.3, -0.25) is 14.4 Å². The lowest BCUT2D eigenvalue weighted by Gasteiger charge is -2.06. The molecule has 2 rings (SSSR count). The molecule has 2 amide bonds. The maximum atomic E-state index is 11.8. The van der Waals surface area contributed by atoms with E-state index in [1.54, 1.807) is 24.3 Å². The number of anilines is 1. The van der Waals surface area contributed by atoms with E-state index in [1.165, 1.54) is 30.5 Å². The number of hydrogen-bond donors (Lipinski definition) is 3. The number of carboxylic acid groups (broad SMARTS) is 1. The summed E-state index contributed by atoms with van der Waals surface area (Å²) in [5.41, 5.74) is 0.668. The van der Waals surface area contributed by atoms with Crippen LogP contribution in [0.4, 0.5) is 5.69 Å². The smallest absolute Gasteiger partial charge is 0.322 e. The van der Waals surface area contributed by atoms with Gasteiger partial charge in [-0.1, -0.05) is 6.07 Å². The van der Waals surface area contributed by atoms with Gasteiger partial charge in [0, 0.05) is 17.3 Å². The Kier molecular flexibility index (Phi) is 5.30. The topological polar surface area (TPSA) is 109 Å². The van der Waals surface area contributed by atoms with Crippen molar-refractivity contribution < 1.29 is 23.9 Å². The van der Waals surface area contributed by atoms with Crippen molar-refractivity contribution in [3.63, 3.8) is 0 Å². The van der Waals surface area contributed by atoms with Gasteiger partial charge < -0.3 is 20.2 Å². The van der Waals surface area contributed by atoms with Gasteiger partial charge in [-0.15, -0.1) is 0 Å². The first-order valence-corrected chi connectivity index (χ1v) is 6.67. The summed E-state index contributed by atoms with van der Waals surface area (Å²) in [6, 6.07) is 9.59. The Morgan fingerprint density at radius 2 is 2.00 bits per heavy atom. The van der Waals surface area contributed by atoms with Crippen molar-refractivity contribution in [1.82, 2.24) is 5.32 Å². The standard InChI is InChI=1S/C16H14N2O5/c19-14(7-6-13-5-2-8-23-13)18-12-4-1-3-11(9-12)16(22)17-10-15(20)21/h1-9H,10H2,(H,17,22)(H,18,19)(H,20,21). The fourth-order valence-corrected chi connectivity index (χ4v) is 1.72. The number of amides is 2. The Balaban J connectivity index is 1.98. The third-order valence-corrected chi connectivity index (χ3v) is 2.73. The summed E-state index contributed by atoms with van der Waals surface area (Å²) in [4.78, 5) is 34.0. The number of aliphatic carboxylic acids is 1. The van der Waals surface area contributed by atoms with Crippen molar-refractivity contribution in [3.8, 4) is 0 Å². The van der Waals surface area contributed by atoms with Gasteiger partial charge in [0.05, 0.1) is 6.26 Å². The number of carbonyl (C=O) groups excluding carboxylic acids is 2. The molecule has 0 unspecified atom stereocenters. The molecule has 1 aromatic heterocycles. The Bertz CT molecular complexity index is 735. The van der Waals surface area contributed by atoms with Gasteiger partial charge in [-0.25, -0.2) is 0 Å². The second-order valence-corrected chi connectivity index (χ2v) is 4.50. The number of carbonyl (C=O) groups is 3. The second kappa shape index (κ2) is 7.60. The van der Waals surface area contributed by atoms with Crippen LogP contribution in [-0.4, -0.2) is 29.4 Å². The highest BCUT2D eigenvalue weighted by Gasteiger charge is 2.08. The van der Waals surface area contributed by atoms with E-state index in [2.05, 4.69) is 10.6 Å². The van der Waals surface area contributed by atoms with Crippen LogP contribution in [0.1, 0.15) is 16.1 Å². The van der Waals surface area contributed by atoms with Crippen LogP contribution < -0.4 is 10.6 Å². The van der Waals surface area contributed by atoms with Crippen LogP contribution in [0.25, 0.3) is 6.08 Å². The molecule has 0 radical (unpaired) electrons. The molecular formula is C16H14N2O5. The third kappa shape index (κ3) is 5.16. The first-order valence-electron chi connectivity index (χ1n) is 6.67. The van der Waals surface area contributed by atoms with E-state index in [1.807, 2.05) is 0 Å². The zero-order chi connectivity index (χ0) is 16.7. The molecule has 0 aliphatic heterocycles. The van der Waals surface area contributed by atoms with Crippen molar-refractivity contribution in [2.45, 2.75) is 0 Å². The molecule has 1 heterocycles. The Morgan fingerprint density at radius 3 is 2.70 bits per heavy atom. The number of carboxylic acids is 1. The van der Waals surface area contributed by atoms with Gasteiger partial charge in [0.2, 0.25) is 5.91 Å².